The van der Waals surface area contributed by atoms with Gasteiger partial charge in [0, 0.05) is 18.6 Å². The predicted octanol–water partition coefficient (Wildman–Crippen LogP) is -0.678. The van der Waals surface area contributed by atoms with Crippen LogP contribution in [0.2, 0.25) is 0 Å². The minimum atomic E-state index is -1.51. The quantitative estimate of drug-likeness (QED) is 0.442. The van der Waals surface area contributed by atoms with Gasteiger partial charge in [-0.2, -0.15) is 0 Å². The van der Waals surface area contributed by atoms with E-state index in [1.54, 1.807) is 12.1 Å². The number of benzene rings is 1. The van der Waals surface area contributed by atoms with Gasteiger partial charge in [-0.3, -0.25) is 4.79 Å². The van der Waals surface area contributed by atoms with Crippen LogP contribution in [0.3, 0.4) is 0 Å². The van der Waals surface area contributed by atoms with E-state index >= 15 is 0 Å². The molecule has 0 bridgehead atoms. The molecule has 5 heteroatoms. The summed E-state index contributed by atoms with van der Waals surface area (Å²) in [6.45, 7) is -0.000816. The highest BCUT2D eigenvalue weighted by molar-refractivity contribution is 6.58. The van der Waals surface area contributed by atoms with Crippen LogP contribution < -0.4 is 5.46 Å². The second kappa shape index (κ2) is 5.65. The zero-order valence-corrected chi connectivity index (χ0v) is 8.26. The van der Waals surface area contributed by atoms with Crippen molar-refractivity contribution in [3.8, 4) is 0 Å². The lowest BCUT2D eigenvalue weighted by Gasteiger charge is -2.02. The minimum Gasteiger partial charge on any atom is -0.423 e. The maximum Gasteiger partial charge on any atom is 0.488 e. The summed E-state index contributed by atoms with van der Waals surface area (Å²) in [5.41, 5.74) is 0.876. The maximum atomic E-state index is 11.4. The fourth-order valence-corrected chi connectivity index (χ4v) is 1.23. The zero-order chi connectivity index (χ0) is 11.3. The van der Waals surface area contributed by atoms with E-state index in [0.29, 0.717) is 23.9 Å². The number of rotatable bonds is 5. The molecule has 0 spiro atoms. The van der Waals surface area contributed by atoms with Crippen molar-refractivity contribution in [1.82, 2.24) is 0 Å². The molecule has 0 atom stereocenters. The van der Waals surface area contributed by atoms with Gasteiger partial charge in [-0.1, -0.05) is 24.3 Å². The molecule has 0 heterocycles. The van der Waals surface area contributed by atoms with Crippen LogP contribution in [0.15, 0.2) is 24.3 Å². The highest BCUT2D eigenvalue weighted by Crippen LogP contribution is 2.03. The first-order valence-electron chi connectivity index (χ1n) is 4.75. The van der Waals surface area contributed by atoms with E-state index in [2.05, 4.69) is 0 Å². The molecule has 0 aliphatic carbocycles. The molecule has 1 aromatic rings. The monoisotopic (exact) mass is 208 g/mol. The summed E-state index contributed by atoms with van der Waals surface area (Å²) in [6.07, 6.45) is 0.751. The molecule has 0 radical (unpaired) electrons. The van der Waals surface area contributed by atoms with Crippen molar-refractivity contribution >= 4 is 18.4 Å². The largest absolute Gasteiger partial charge is 0.488 e. The van der Waals surface area contributed by atoms with E-state index in [1.807, 2.05) is 0 Å². The topological polar surface area (TPSA) is 77.8 Å². The van der Waals surface area contributed by atoms with Crippen LogP contribution >= 0.6 is 0 Å². The average Bonchev–Trinajstić information content (AvgIpc) is 2.26. The summed E-state index contributed by atoms with van der Waals surface area (Å²) >= 11 is 0. The number of hydrogen-bond donors (Lipinski definition) is 3. The van der Waals surface area contributed by atoms with Gasteiger partial charge in [0.2, 0.25) is 0 Å². The van der Waals surface area contributed by atoms with Crippen LogP contribution in [-0.4, -0.2) is 34.7 Å². The Balaban J connectivity index is 2.67. The first-order chi connectivity index (χ1) is 7.15. The molecule has 0 unspecified atom stereocenters. The first kappa shape index (κ1) is 11.9. The van der Waals surface area contributed by atoms with Gasteiger partial charge in [0.25, 0.3) is 0 Å². The molecule has 0 saturated heterocycles. The van der Waals surface area contributed by atoms with Crippen LogP contribution in [0.4, 0.5) is 0 Å². The van der Waals surface area contributed by atoms with E-state index in [1.165, 1.54) is 12.1 Å². The number of Topliss-reactive ketones (excluding diaryl/α,β-unsaturated/α-hetero) is 1. The fraction of sp³-hybridized carbons (Fsp3) is 0.300. The molecular formula is C10H13BO4. The molecule has 0 fully saturated rings. The summed E-state index contributed by atoms with van der Waals surface area (Å²) in [7, 11) is -1.51. The number of ketones is 1. The van der Waals surface area contributed by atoms with E-state index in [4.69, 9.17) is 15.2 Å². The lowest BCUT2D eigenvalue weighted by atomic mass is 9.80. The third-order valence-electron chi connectivity index (χ3n) is 2.09. The van der Waals surface area contributed by atoms with Gasteiger partial charge < -0.3 is 15.2 Å². The third-order valence-corrected chi connectivity index (χ3v) is 2.09. The molecule has 1 aromatic carbocycles. The lowest BCUT2D eigenvalue weighted by Crippen LogP contribution is -2.29. The Labute approximate surface area is 88.3 Å². The molecule has 0 amide bonds. The minimum absolute atomic E-state index is 0.000816. The molecular weight excluding hydrogens is 195 g/mol. The molecule has 15 heavy (non-hydrogen) atoms. The average molecular weight is 208 g/mol. The second-order valence-corrected chi connectivity index (χ2v) is 3.25. The van der Waals surface area contributed by atoms with Crippen molar-refractivity contribution in [3.05, 3.63) is 29.8 Å². The second-order valence-electron chi connectivity index (χ2n) is 3.25. The Bertz CT molecular complexity index is 321. The Morgan fingerprint density at radius 3 is 2.27 bits per heavy atom. The molecule has 0 aliphatic heterocycles. The number of aliphatic hydroxyl groups is 1. The van der Waals surface area contributed by atoms with E-state index in [9.17, 15) is 4.79 Å². The molecule has 3 N–H and O–H groups in total. The molecule has 0 aromatic heterocycles. The SMILES string of the molecule is O=C(CCCO)c1ccc(B(O)O)cc1. The smallest absolute Gasteiger partial charge is 0.423 e. The van der Waals surface area contributed by atoms with Gasteiger partial charge >= 0.3 is 7.12 Å². The normalized spacial score (nSPS) is 10.1. The van der Waals surface area contributed by atoms with Crippen molar-refractivity contribution in [2.24, 2.45) is 0 Å². The molecule has 0 saturated carbocycles. The Kier molecular flexibility index (Phi) is 4.49. The van der Waals surface area contributed by atoms with Gasteiger partial charge in [-0.05, 0) is 11.9 Å². The predicted molar refractivity (Wildman–Crippen MR) is 56.9 cm³/mol. The molecule has 0 aliphatic rings. The van der Waals surface area contributed by atoms with Crippen molar-refractivity contribution < 1.29 is 19.9 Å². The standard InChI is InChI=1S/C10H13BO4/c12-7-1-2-10(13)8-3-5-9(6-4-8)11(14)15/h3-6,12,14-15H,1-2,7H2. The first-order valence-corrected chi connectivity index (χ1v) is 4.75. The van der Waals surface area contributed by atoms with Crippen LogP contribution in [0.25, 0.3) is 0 Å². The number of hydrogen-bond acceptors (Lipinski definition) is 4. The van der Waals surface area contributed by atoms with Crippen LogP contribution in [0.5, 0.6) is 0 Å². The summed E-state index contributed by atoms with van der Waals surface area (Å²) in [5, 5.41) is 26.2. The summed E-state index contributed by atoms with van der Waals surface area (Å²) in [6, 6.07) is 6.09. The highest BCUT2D eigenvalue weighted by atomic mass is 16.4. The van der Waals surface area contributed by atoms with E-state index < -0.39 is 7.12 Å². The Morgan fingerprint density at radius 1 is 1.20 bits per heavy atom. The van der Waals surface area contributed by atoms with Gasteiger partial charge in [0.1, 0.15) is 0 Å². The van der Waals surface area contributed by atoms with Gasteiger partial charge in [-0.25, -0.2) is 0 Å². The van der Waals surface area contributed by atoms with Crippen LogP contribution in [0, 0.1) is 0 Å². The zero-order valence-electron chi connectivity index (χ0n) is 8.26. The molecule has 4 nitrogen and oxygen atoms in total. The number of aliphatic hydroxyl groups excluding tert-OH is 1. The van der Waals surface area contributed by atoms with Crippen molar-refractivity contribution in [3.63, 3.8) is 0 Å². The maximum absolute atomic E-state index is 11.4. The van der Waals surface area contributed by atoms with E-state index in [-0.39, 0.29) is 12.4 Å². The van der Waals surface area contributed by atoms with Crippen molar-refractivity contribution in [2.75, 3.05) is 6.61 Å². The van der Waals surface area contributed by atoms with Gasteiger partial charge in [0.05, 0.1) is 0 Å². The number of carbonyl (C=O) groups excluding carboxylic acids is 1. The molecule has 80 valence electrons. The third kappa shape index (κ3) is 3.47. The fourth-order valence-electron chi connectivity index (χ4n) is 1.23. The summed E-state index contributed by atoms with van der Waals surface area (Å²) in [4.78, 5) is 11.4. The van der Waals surface area contributed by atoms with Gasteiger partial charge in [0.15, 0.2) is 5.78 Å². The van der Waals surface area contributed by atoms with E-state index in [0.717, 1.165) is 0 Å². The lowest BCUT2D eigenvalue weighted by molar-refractivity contribution is 0.0971. The molecule has 1 rings (SSSR count). The Morgan fingerprint density at radius 2 is 1.80 bits per heavy atom. The summed E-state index contributed by atoms with van der Waals surface area (Å²) in [5.74, 6) is -0.0528. The van der Waals surface area contributed by atoms with Crippen molar-refractivity contribution in [2.45, 2.75) is 12.8 Å². The van der Waals surface area contributed by atoms with Gasteiger partial charge in [-0.15, -0.1) is 0 Å². The van der Waals surface area contributed by atoms with Crippen molar-refractivity contribution in [1.29, 1.82) is 0 Å². The summed E-state index contributed by atoms with van der Waals surface area (Å²) < 4.78 is 0. The van der Waals surface area contributed by atoms with Crippen LogP contribution in [0.1, 0.15) is 23.2 Å². The highest BCUT2D eigenvalue weighted by Gasteiger charge is 2.11. The van der Waals surface area contributed by atoms with Crippen LogP contribution in [-0.2, 0) is 0 Å². The number of carbonyl (C=O) groups is 1. The Hall–Kier alpha value is -1.17.